The lowest BCUT2D eigenvalue weighted by Crippen LogP contribution is -2.29. The fraction of sp³-hybridized carbons (Fsp3) is 0.0870. The van der Waals surface area contributed by atoms with Gasteiger partial charge in [-0.2, -0.15) is 0 Å². The third kappa shape index (κ3) is 3.95. The van der Waals surface area contributed by atoms with E-state index in [1.54, 1.807) is 48.8 Å². The number of likely N-dealkylation sites (tertiary alicyclic amines) is 1. The fourth-order valence-electron chi connectivity index (χ4n) is 3.62. The Bertz CT molecular complexity index is 1220. The second-order valence-corrected chi connectivity index (χ2v) is 7.57. The van der Waals surface area contributed by atoms with Crippen LogP contribution in [0, 0.1) is 10.1 Å². The normalized spacial score (nSPS) is 17.5. The molecule has 1 aromatic heterocycles. The largest absolute Gasteiger partial charge is 0.507 e. The molecule has 1 aliphatic heterocycles. The molecule has 0 bridgehead atoms. The van der Waals surface area contributed by atoms with Crippen LogP contribution in [0.3, 0.4) is 0 Å². The van der Waals surface area contributed by atoms with Crippen LogP contribution in [0.5, 0.6) is 0 Å². The minimum Gasteiger partial charge on any atom is -0.507 e. The van der Waals surface area contributed by atoms with E-state index in [1.807, 2.05) is 0 Å². The SMILES string of the molecule is O=C1C(=O)N(Cc2ccncc2)C(c2ccc(Cl)cc2)/C1=C(/O)c1ccc([N+](=O)[O-])cc1. The first-order chi connectivity index (χ1) is 15.4. The Morgan fingerprint density at radius 2 is 1.66 bits per heavy atom. The standard InChI is InChI=1S/C23H16ClN3O5/c24-17-5-1-15(2-6-17)20-19(21(28)16-3-7-18(8-4-16)27(31)32)22(29)23(30)26(20)13-14-9-11-25-12-10-14/h1-12,20,28H,13H2/b21-19-. The average molecular weight is 450 g/mol. The molecule has 3 aromatic rings. The Hall–Kier alpha value is -4.04. The van der Waals surface area contributed by atoms with Crippen LogP contribution < -0.4 is 0 Å². The number of halogens is 1. The molecular weight excluding hydrogens is 434 g/mol. The number of aromatic nitrogens is 1. The minimum absolute atomic E-state index is 0.0970. The Labute approximate surface area is 187 Å². The molecule has 0 saturated carbocycles. The van der Waals surface area contributed by atoms with Gasteiger partial charge in [-0.15, -0.1) is 0 Å². The third-order valence-electron chi connectivity index (χ3n) is 5.18. The van der Waals surface area contributed by atoms with Crippen molar-refractivity contribution in [2.24, 2.45) is 0 Å². The molecule has 8 nitrogen and oxygen atoms in total. The zero-order valence-corrected chi connectivity index (χ0v) is 17.3. The number of aliphatic hydroxyl groups is 1. The first-order valence-corrected chi connectivity index (χ1v) is 9.92. The molecule has 2 heterocycles. The maximum Gasteiger partial charge on any atom is 0.295 e. The van der Waals surface area contributed by atoms with Gasteiger partial charge in [0.15, 0.2) is 0 Å². The molecule has 2 aromatic carbocycles. The summed E-state index contributed by atoms with van der Waals surface area (Å²) in [5.74, 6) is -2.00. The van der Waals surface area contributed by atoms with E-state index in [0.29, 0.717) is 10.6 Å². The number of carbonyl (C=O) groups excluding carboxylic acids is 2. The molecule has 1 N–H and O–H groups in total. The highest BCUT2D eigenvalue weighted by molar-refractivity contribution is 6.46. The van der Waals surface area contributed by atoms with Gasteiger partial charge < -0.3 is 10.0 Å². The monoisotopic (exact) mass is 449 g/mol. The Balaban J connectivity index is 1.84. The summed E-state index contributed by atoms with van der Waals surface area (Å²) in [7, 11) is 0. The number of rotatable bonds is 5. The molecule has 0 spiro atoms. The van der Waals surface area contributed by atoms with E-state index in [0.717, 1.165) is 5.56 Å². The molecule has 1 fully saturated rings. The van der Waals surface area contributed by atoms with Crippen LogP contribution in [0.4, 0.5) is 5.69 Å². The Kier molecular flexibility index (Phi) is 5.70. The van der Waals surface area contributed by atoms with Gasteiger partial charge in [0.2, 0.25) is 0 Å². The summed E-state index contributed by atoms with van der Waals surface area (Å²) in [6.07, 6.45) is 3.17. The predicted molar refractivity (Wildman–Crippen MR) is 117 cm³/mol. The van der Waals surface area contributed by atoms with E-state index in [2.05, 4.69) is 4.98 Å². The number of amides is 1. The summed E-state index contributed by atoms with van der Waals surface area (Å²) < 4.78 is 0. The van der Waals surface area contributed by atoms with Gasteiger partial charge in [-0.05, 0) is 47.5 Å². The van der Waals surface area contributed by atoms with Crippen LogP contribution in [0.2, 0.25) is 5.02 Å². The van der Waals surface area contributed by atoms with Crippen molar-refractivity contribution in [3.63, 3.8) is 0 Å². The number of aliphatic hydroxyl groups excluding tert-OH is 1. The lowest BCUT2D eigenvalue weighted by Gasteiger charge is -2.25. The Morgan fingerprint density at radius 3 is 2.25 bits per heavy atom. The molecule has 1 unspecified atom stereocenters. The molecule has 0 aliphatic carbocycles. The van der Waals surface area contributed by atoms with Crippen molar-refractivity contribution >= 4 is 34.7 Å². The van der Waals surface area contributed by atoms with Gasteiger partial charge in [0, 0.05) is 41.7 Å². The maximum absolute atomic E-state index is 13.0. The second-order valence-electron chi connectivity index (χ2n) is 7.14. The number of hydrogen-bond donors (Lipinski definition) is 1. The van der Waals surface area contributed by atoms with E-state index < -0.39 is 28.4 Å². The summed E-state index contributed by atoms with van der Waals surface area (Å²) in [6, 6.07) is 14.3. The van der Waals surface area contributed by atoms with E-state index in [-0.39, 0.29) is 23.4 Å². The summed E-state index contributed by atoms with van der Waals surface area (Å²) in [5, 5.41) is 22.4. The zero-order valence-electron chi connectivity index (χ0n) is 16.5. The van der Waals surface area contributed by atoms with Crippen LogP contribution >= 0.6 is 11.6 Å². The Morgan fingerprint density at radius 1 is 1.03 bits per heavy atom. The fourth-order valence-corrected chi connectivity index (χ4v) is 3.74. The van der Waals surface area contributed by atoms with Gasteiger partial charge in [0.25, 0.3) is 17.4 Å². The number of hydrogen-bond acceptors (Lipinski definition) is 6. The number of non-ortho nitro benzene ring substituents is 1. The van der Waals surface area contributed by atoms with Gasteiger partial charge in [-0.25, -0.2) is 0 Å². The molecule has 1 atom stereocenters. The number of nitro benzene ring substituents is 1. The molecule has 4 rings (SSSR count). The highest BCUT2D eigenvalue weighted by atomic mass is 35.5. The number of pyridine rings is 1. The van der Waals surface area contributed by atoms with E-state index in [9.17, 15) is 24.8 Å². The molecular formula is C23H16ClN3O5. The van der Waals surface area contributed by atoms with Crippen LogP contribution in [-0.2, 0) is 16.1 Å². The van der Waals surface area contributed by atoms with Crippen molar-refractivity contribution in [3.8, 4) is 0 Å². The van der Waals surface area contributed by atoms with Gasteiger partial charge in [-0.1, -0.05) is 23.7 Å². The highest BCUT2D eigenvalue weighted by Gasteiger charge is 2.46. The lowest BCUT2D eigenvalue weighted by atomic mass is 9.95. The summed E-state index contributed by atoms with van der Waals surface area (Å²) in [4.78, 5) is 41.6. The number of ketones is 1. The smallest absolute Gasteiger partial charge is 0.295 e. The van der Waals surface area contributed by atoms with Crippen LogP contribution in [0.1, 0.15) is 22.7 Å². The molecule has 160 valence electrons. The molecule has 0 radical (unpaired) electrons. The van der Waals surface area contributed by atoms with Crippen molar-refractivity contribution in [2.75, 3.05) is 0 Å². The first kappa shape index (κ1) is 21.2. The molecule has 1 saturated heterocycles. The number of benzene rings is 2. The predicted octanol–water partition coefficient (Wildman–Crippen LogP) is 4.27. The minimum atomic E-state index is -0.865. The number of nitro groups is 1. The molecule has 1 amide bonds. The van der Waals surface area contributed by atoms with Crippen molar-refractivity contribution in [1.82, 2.24) is 9.88 Å². The van der Waals surface area contributed by atoms with E-state index >= 15 is 0 Å². The lowest BCUT2D eigenvalue weighted by molar-refractivity contribution is -0.384. The van der Waals surface area contributed by atoms with Crippen molar-refractivity contribution in [3.05, 3.63) is 110 Å². The van der Waals surface area contributed by atoms with Crippen LogP contribution in [0.15, 0.2) is 78.6 Å². The third-order valence-corrected chi connectivity index (χ3v) is 5.43. The van der Waals surface area contributed by atoms with Gasteiger partial charge >= 0.3 is 0 Å². The quantitative estimate of drug-likeness (QED) is 0.204. The summed E-state index contributed by atoms with van der Waals surface area (Å²) in [6.45, 7) is 0.122. The maximum atomic E-state index is 13.0. The summed E-state index contributed by atoms with van der Waals surface area (Å²) in [5.41, 5.74) is 1.29. The van der Waals surface area contributed by atoms with Gasteiger partial charge in [-0.3, -0.25) is 24.7 Å². The number of Topliss-reactive ketones (excluding diaryl/α,β-unsaturated/α-hetero) is 1. The van der Waals surface area contributed by atoms with Crippen molar-refractivity contribution in [2.45, 2.75) is 12.6 Å². The highest BCUT2D eigenvalue weighted by Crippen LogP contribution is 2.40. The second kappa shape index (κ2) is 8.60. The van der Waals surface area contributed by atoms with E-state index in [4.69, 9.17) is 11.6 Å². The van der Waals surface area contributed by atoms with Crippen LogP contribution in [-0.4, -0.2) is 31.6 Å². The molecule has 9 heteroatoms. The summed E-state index contributed by atoms with van der Waals surface area (Å²) >= 11 is 6.01. The molecule has 1 aliphatic rings. The van der Waals surface area contributed by atoms with Crippen molar-refractivity contribution in [1.29, 1.82) is 0 Å². The topological polar surface area (TPSA) is 114 Å². The van der Waals surface area contributed by atoms with Crippen LogP contribution in [0.25, 0.3) is 5.76 Å². The van der Waals surface area contributed by atoms with E-state index in [1.165, 1.54) is 29.2 Å². The first-order valence-electron chi connectivity index (χ1n) is 9.54. The van der Waals surface area contributed by atoms with Gasteiger partial charge in [0.1, 0.15) is 5.76 Å². The molecule has 32 heavy (non-hydrogen) atoms. The number of carbonyl (C=O) groups is 2. The van der Waals surface area contributed by atoms with Crippen molar-refractivity contribution < 1.29 is 19.6 Å². The number of nitrogens with zero attached hydrogens (tertiary/aromatic N) is 3. The van der Waals surface area contributed by atoms with Gasteiger partial charge in [0.05, 0.1) is 16.5 Å². The zero-order chi connectivity index (χ0) is 22.8. The average Bonchev–Trinajstić information content (AvgIpc) is 3.05.